The number of benzene rings is 1. The van der Waals surface area contributed by atoms with E-state index >= 15 is 0 Å². The molecular formula is C15H22BrN3O. The van der Waals surface area contributed by atoms with Crippen molar-refractivity contribution in [2.75, 3.05) is 32.5 Å². The largest absolute Gasteiger partial charge is 0.324 e. The second-order valence-electron chi connectivity index (χ2n) is 6.44. The number of hydrogen-bond acceptors (Lipinski definition) is 3. The molecule has 1 unspecified atom stereocenters. The van der Waals surface area contributed by atoms with Crippen LogP contribution >= 0.6 is 15.9 Å². The topological polar surface area (TPSA) is 44.4 Å². The van der Waals surface area contributed by atoms with Crippen LogP contribution in [-0.2, 0) is 4.79 Å². The Morgan fingerprint density at radius 1 is 1.40 bits per heavy atom. The van der Waals surface area contributed by atoms with Gasteiger partial charge in [0.05, 0.1) is 0 Å². The summed E-state index contributed by atoms with van der Waals surface area (Å²) in [6.45, 7) is 6.17. The van der Waals surface area contributed by atoms with Crippen molar-refractivity contribution in [3.05, 3.63) is 28.2 Å². The number of halogens is 1. The maximum Gasteiger partial charge on any atom is 0.246 e. The predicted molar refractivity (Wildman–Crippen MR) is 85.9 cm³/mol. The van der Waals surface area contributed by atoms with Crippen LogP contribution in [0.2, 0.25) is 0 Å². The van der Waals surface area contributed by atoms with Gasteiger partial charge in [-0.2, -0.15) is 0 Å². The molecule has 4 nitrogen and oxygen atoms in total. The van der Waals surface area contributed by atoms with Gasteiger partial charge >= 0.3 is 0 Å². The van der Waals surface area contributed by atoms with E-state index in [2.05, 4.69) is 59.4 Å². The first-order valence-corrected chi connectivity index (χ1v) is 7.56. The van der Waals surface area contributed by atoms with E-state index in [1.54, 1.807) is 0 Å². The van der Waals surface area contributed by atoms with Crippen molar-refractivity contribution in [3.8, 4) is 0 Å². The van der Waals surface area contributed by atoms with E-state index in [-0.39, 0.29) is 17.4 Å². The summed E-state index contributed by atoms with van der Waals surface area (Å²) in [5.74, 6) is 0.0266. The smallest absolute Gasteiger partial charge is 0.246 e. The summed E-state index contributed by atoms with van der Waals surface area (Å²) in [4.78, 5) is 14.3. The van der Waals surface area contributed by atoms with Crippen molar-refractivity contribution in [2.45, 2.75) is 19.9 Å². The number of amides is 1. The van der Waals surface area contributed by atoms with E-state index in [4.69, 9.17) is 0 Å². The average molecular weight is 340 g/mol. The summed E-state index contributed by atoms with van der Waals surface area (Å²) in [5.41, 5.74) is 2.04. The molecule has 5 heteroatoms. The van der Waals surface area contributed by atoms with Gasteiger partial charge < -0.3 is 15.5 Å². The third kappa shape index (κ3) is 3.59. The lowest BCUT2D eigenvalue weighted by Gasteiger charge is -2.29. The number of fused-ring (bicyclic) bond motifs is 1. The lowest BCUT2D eigenvalue weighted by molar-refractivity contribution is -0.117. The summed E-state index contributed by atoms with van der Waals surface area (Å²) in [6, 6.07) is 5.66. The summed E-state index contributed by atoms with van der Waals surface area (Å²) >= 11 is 3.43. The Balaban J connectivity index is 2.06. The first-order valence-electron chi connectivity index (χ1n) is 6.77. The zero-order valence-corrected chi connectivity index (χ0v) is 14.0. The molecule has 1 aromatic rings. The van der Waals surface area contributed by atoms with Gasteiger partial charge in [-0.15, -0.1) is 0 Å². The Morgan fingerprint density at radius 2 is 2.10 bits per heavy atom. The maximum atomic E-state index is 12.1. The quantitative estimate of drug-likeness (QED) is 0.866. The highest BCUT2D eigenvalue weighted by Crippen LogP contribution is 2.33. The van der Waals surface area contributed by atoms with Crippen LogP contribution in [0.4, 0.5) is 5.69 Å². The van der Waals surface area contributed by atoms with Crippen LogP contribution < -0.4 is 10.6 Å². The standard InChI is InChI=1S/C15H22BrN3O/c1-15(2,9-19(3)4)8-17-13-11-6-5-10(16)7-12(11)18-14(13)20/h5-7,13,17H,8-9H2,1-4H3,(H,18,20). The lowest BCUT2D eigenvalue weighted by atomic mass is 9.92. The van der Waals surface area contributed by atoms with E-state index < -0.39 is 0 Å². The van der Waals surface area contributed by atoms with Crippen LogP contribution in [0, 0.1) is 5.41 Å². The second kappa shape index (κ2) is 5.84. The highest BCUT2D eigenvalue weighted by molar-refractivity contribution is 9.10. The van der Waals surface area contributed by atoms with Crippen LogP contribution in [0.15, 0.2) is 22.7 Å². The Hall–Kier alpha value is -0.910. The lowest BCUT2D eigenvalue weighted by Crippen LogP contribution is -2.40. The van der Waals surface area contributed by atoms with Gasteiger partial charge in [-0.05, 0) is 31.6 Å². The highest BCUT2D eigenvalue weighted by atomic mass is 79.9. The fourth-order valence-corrected chi connectivity index (χ4v) is 3.09. The summed E-state index contributed by atoms with van der Waals surface area (Å²) in [6.07, 6.45) is 0. The number of hydrogen-bond donors (Lipinski definition) is 2. The predicted octanol–water partition coefficient (Wildman–Crippen LogP) is 2.62. The van der Waals surface area contributed by atoms with Crippen molar-refractivity contribution in [2.24, 2.45) is 5.41 Å². The molecule has 1 aliphatic heterocycles. The molecule has 1 aromatic carbocycles. The van der Waals surface area contributed by atoms with E-state index in [1.807, 2.05) is 18.2 Å². The molecule has 0 aromatic heterocycles. The number of nitrogens with one attached hydrogen (secondary N) is 2. The monoisotopic (exact) mass is 339 g/mol. The van der Waals surface area contributed by atoms with Crippen LogP contribution in [0.3, 0.4) is 0 Å². The second-order valence-corrected chi connectivity index (χ2v) is 7.35. The fraction of sp³-hybridized carbons (Fsp3) is 0.533. The number of carbonyl (C=O) groups is 1. The van der Waals surface area contributed by atoms with Crippen molar-refractivity contribution >= 4 is 27.5 Å². The van der Waals surface area contributed by atoms with E-state index in [1.165, 1.54) is 0 Å². The summed E-state index contributed by atoms with van der Waals surface area (Å²) in [7, 11) is 4.13. The molecule has 0 fully saturated rings. The fourth-order valence-electron chi connectivity index (χ4n) is 2.73. The van der Waals surface area contributed by atoms with Gasteiger partial charge in [0, 0.05) is 28.8 Å². The molecule has 1 amide bonds. The minimum atomic E-state index is -0.250. The molecule has 1 heterocycles. The number of nitrogens with zero attached hydrogens (tertiary/aromatic N) is 1. The Bertz CT molecular complexity index is 514. The Labute approximate surface area is 129 Å². The molecule has 0 bridgehead atoms. The minimum Gasteiger partial charge on any atom is -0.324 e. The van der Waals surface area contributed by atoms with Crippen LogP contribution in [0.5, 0.6) is 0 Å². The minimum absolute atomic E-state index is 0.0266. The molecule has 1 aliphatic rings. The van der Waals surface area contributed by atoms with Gasteiger partial charge in [-0.25, -0.2) is 0 Å². The first kappa shape index (κ1) is 15.5. The van der Waals surface area contributed by atoms with Crippen LogP contribution in [-0.4, -0.2) is 38.0 Å². The normalized spacial score (nSPS) is 18.3. The van der Waals surface area contributed by atoms with Gasteiger partial charge in [0.25, 0.3) is 0 Å². The Kier molecular flexibility index (Phi) is 4.52. The molecule has 2 rings (SSSR count). The molecule has 0 radical (unpaired) electrons. The van der Waals surface area contributed by atoms with Crippen LogP contribution in [0.25, 0.3) is 0 Å². The van der Waals surface area contributed by atoms with Gasteiger partial charge in [0.2, 0.25) is 5.91 Å². The van der Waals surface area contributed by atoms with Gasteiger partial charge in [-0.1, -0.05) is 35.8 Å². The van der Waals surface area contributed by atoms with Crippen molar-refractivity contribution in [3.63, 3.8) is 0 Å². The van der Waals surface area contributed by atoms with Crippen molar-refractivity contribution in [1.29, 1.82) is 0 Å². The molecule has 1 atom stereocenters. The van der Waals surface area contributed by atoms with Crippen molar-refractivity contribution < 1.29 is 4.79 Å². The van der Waals surface area contributed by atoms with Gasteiger partial charge in [0.1, 0.15) is 6.04 Å². The first-order chi connectivity index (χ1) is 9.28. The average Bonchev–Trinajstić information content (AvgIpc) is 2.59. The molecule has 0 saturated carbocycles. The van der Waals surface area contributed by atoms with E-state index in [0.717, 1.165) is 28.8 Å². The highest BCUT2D eigenvalue weighted by Gasteiger charge is 2.31. The molecular weight excluding hydrogens is 318 g/mol. The van der Waals surface area contributed by atoms with Crippen LogP contribution in [0.1, 0.15) is 25.5 Å². The van der Waals surface area contributed by atoms with E-state index in [0.29, 0.717) is 0 Å². The SMILES string of the molecule is CN(C)CC(C)(C)CNC1C(=O)Nc2cc(Br)ccc21. The Morgan fingerprint density at radius 3 is 2.75 bits per heavy atom. The summed E-state index contributed by atoms with van der Waals surface area (Å²) < 4.78 is 0.977. The molecule has 20 heavy (non-hydrogen) atoms. The summed E-state index contributed by atoms with van der Waals surface area (Å²) in [5, 5.41) is 6.32. The van der Waals surface area contributed by atoms with Crippen molar-refractivity contribution in [1.82, 2.24) is 10.2 Å². The zero-order chi connectivity index (χ0) is 14.9. The molecule has 0 spiro atoms. The molecule has 0 saturated heterocycles. The third-order valence-electron chi connectivity index (χ3n) is 3.38. The number of carbonyl (C=O) groups excluding carboxylic acids is 1. The van der Waals surface area contributed by atoms with Gasteiger partial charge in [-0.3, -0.25) is 4.79 Å². The molecule has 0 aliphatic carbocycles. The molecule has 2 N–H and O–H groups in total. The zero-order valence-electron chi connectivity index (χ0n) is 12.5. The third-order valence-corrected chi connectivity index (χ3v) is 3.87. The maximum absolute atomic E-state index is 12.1. The van der Waals surface area contributed by atoms with E-state index in [9.17, 15) is 4.79 Å². The molecule has 110 valence electrons. The number of rotatable bonds is 5. The number of anilines is 1. The van der Waals surface area contributed by atoms with Gasteiger partial charge in [0.15, 0.2) is 0 Å².